The van der Waals surface area contributed by atoms with E-state index in [0.29, 0.717) is 16.2 Å². The summed E-state index contributed by atoms with van der Waals surface area (Å²) in [5.74, 6) is 0.530. The van der Waals surface area contributed by atoms with Gasteiger partial charge in [0.25, 0.3) is 0 Å². The Kier molecular flexibility index (Phi) is 2.59. The molecular formula is C7H7N5OS. The molecule has 0 radical (unpaired) electrons. The molecule has 0 fully saturated rings. The van der Waals surface area contributed by atoms with Gasteiger partial charge >= 0.3 is 0 Å². The molecule has 0 saturated carbocycles. The number of rotatable bonds is 3. The number of nitrogens with one attached hydrogen (secondary N) is 1. The van der Waals surface area contributed by atoms with Crippen LogP contribution in [0.2, 0.25) is 0 Å². The largest absolute Gasteiger partial charge is 0.481 e. The molecule has 7 heteroatoms. The van der Waals surface area contributed by atoms with E-state index in [9.17, 15) is 0 Å². The third kappa shape index (κ3) is 1.99. The van der Waals surface area contributed by atoms with Crippen LogP contribution in [0.5, 0.6) is 5.88 Å². The van der Waals surface area contributed by atoms with E-state index < -0.39 is 0 Å². The maximum Gasteiger partial charge on any atom is 0.217 e. The summed E-state index contributed by atoms with van der Waals surface area (Å²) < 4.78 is 4.96. The zero-order chi connectivity index (χ0) is 9.80. The molecule has 0 unspecified atom stereocenters. The Morgan fingerprint density at radius 1 is 1.43 bits per heavy atom. The summed E-state index contributed by atoms with van der Waals surface area (Å²) in [5.41, 5.74) is 0. The van der Waals surface area contributed by atoms with Gasteiger partial charge < -0.3 is 4.74 Å². The van der Waals surface area contributed by atoms with Crippen LogP contribution in [-0.2, 0) is 0 Å². The van der Waals surface area contributed by atoms with Crippen molar-refractivity contribution in [2.75, 3.05) is 7.11 Å². The van der Waals surface area contributed by atoms with E-state index in [4.69, 9.17) is 4.74 Å². The molecule has 0 aliphatic rings. The van der Waals surface area contributed by atoms with Crippen molar-refractivity contribution in [3.8, 4) is 5.88 Å². The minimum absolute atomic E-state index is 0.530. The van der Waals surface area contributed by atoms with Gasteiger partial charge in [-0.05, 0) is 11.8 Å². The van der Waals surface area contributed by atoms with Gasteiger partial charge in [0.2, 0.25) is 5.88 Å². The molecule has 14 heavy (non-hydrogen) atoms. The summed E-state index contributed by atoms with van der Waals surface area (Å²) >= 11 is 1.29. The predicted molar refractivity (Wildman–Crippen MR) is 49.1 cm³/mol. The van der Waals surface area contributed by atoms with Crippen molar-refractivity contribution in [3.63, 3.8) is 0 Å². The van der Waals surface area contributed by atoms with Crippen LogP contribution in [0.4, 0.5) is 0 Å². The third-order valence-electron chi connectivity index (χ3n) is 1.40. The van der Waals surface area contributed by atoms with E-state index >= 15 is 0 Å². The molecule has 2 rings (SSSR count). The molecule has 0 aromatic carbocycles. The highest BCUT2D eigenvalue weighted by Gasteiger charge is 2.03. The van der Waals surface area contributed by atoms with Crippen LogP contribution in [0.25, 0.3) is 0 Å². The van der Waals surface area contributed by atoms with Crippen molar-refractivity contribution in [2.45, 2.75) is 10.3 Å². The van der Waals surface area contributed by atoms with Crippen molar-refractivity contribution in [1.29, 1.82) is 0 Å². The summed E-state index contributed by atoms with van der Waals surface area (Å²) in [6.45, 7) is 0. The van der Waals surface area contributed by atoms with Crippen molar-refractivity contribution < 1.29 is 4.74 Å². The van der Waals surface area contributed by atoms with Crippen molar-refractivity contribution in [2.24, 2.45) is 0 Å². The van der Waals surface area contributed by atoms with Crippen LogP contribution in [0.1, 0.15) is 0 Å². The minimum atomic E-state index is 0.530. The fourth-order valence-corrected chi connectivity index (χ4v) is 1.44. The lowest BCUT2D eigenvalue weighted by molar-refractivity contribution is 0.392. The standard InChI is InChI=1S/C7H7N5OS/c1-13-5-2-3-8-6(11-5)14-7-9-4-10-12-7/h2-4H,1H3,(H,9,10,12). The number of hydrogen-bond donors (Lipinski definition) is 1. The van der Waals surface area contributed by atoms with Crippen LogP contribution in [0.3, 0.4) is 0 Å². The van der Waals surface area contributed by atoms with Gasteiger partial charge in [-0.3, -0.25) is 5.10 Å². The van der Waals surface area contributed by atoms with Crippen molar-refractivity contribution in [3.05, 3.63) is 18.6 Å². The maximum atomic E-state index is 4.96. The number of aromatic nitrogens is 5. The summed E-state index contributed by atoms with van der Waals surface area (Å²) in [4.78, 5) is 12.1. The van der Waals surface area contributed by atoms with E-state index in [2.05, 4.69) is 25.1 Å². The molecule has 0 bridgehead atoms. The lowest BCUT2D eigenvalue weighted by Crippen LogP contribution is -1.91. The summed E-state index contributed by atoms with van der Waals surface area (Å²) in [5, 5.41) is 7.64. The highest BCUT2D eigenvalue weighted by molar-refractivity contribution is 7.99. The first-order chi connectivity index (χ1) is 6.88. The molecule has 0 spiro atoms. The Balaban J connectivity index is 2.17. The average Bonchev–Trinajstić information content (AvgIpc) is 2.71. The second-order valence-corrected chi connectivity index (χ2v) is 3.23. The average molecular weight is 209 g/mol. The predicted octanol–water partition coefficient (Wildman–Crippen LogP) is 0.754. The van der Waals surface area contributed by atoms with E-state index in [0.717, 1.165) is 0 Å². The van der Waals surface area contributed by atoms with Crippen molar-refractivity contribution >= 4 is 11.8 Å². The van der Waals surface area contributed by atoms with Crippen LogP contribution < -0.4 is 4.74 Å². The van der Waals surface area contributed by atoms with Gasteiger partial charge in [-0.2, -0.15) is 10.1 Å². The van der Waals surface area contributed by atoms with Gasteiger partial charge in [-0.1, -0.05) is 0 Å². The van der Waals surface area contributed by atoms with Crippen molar-refractivity contribution in [1.82, 2.24) is 25.1 Å². The summed E-state index contributed by atoms with van der Waals surface area (Å²) in [6, 6.07) is 1.68. The van der Waals surface area contributed by atoms with Gasteiger partial charge in [0.05, 0.1) is 7.11 Å². The number of nitrogens with zero attached hydrogens (tertiary/aromatic N) is 4. The summed E-state index contributed by atoms with van der Waals surface area (Å²) in [7, 11) is 1.56. The molecule has 1 N–H and O–H groups in total. The molecule has 72 valence electrons. The van der Waals surface area contributed by atoms with E-state index in [1.54, 1.807) is 19.4 Å². The third-order valence-corrected chi connectivity index (χ3v) is 2.17. The first-order valence-electron chi connectivity index (χ1n) is 3.79. The Labute approximate surface area is 84.1 Å². The first kappa shape index (κ1) is 8.95. The topological polar surface area (TPSA) is 76.6 Å². The monoisotopic (exact) mass is 209 g/mol. The quantitative estimate of drug-likeness (QED) is 0.752. The number of hydrogen-bond acceptors (Lipinski definition) is 6. The normalized spacial score (nSPS) is 10.1. The van der Waals surface area contributed by atoms with E-state index in [1.807, 2.05) is 0 Å². The zero-order valence-corrected chi connectivity index (χ0v) is 8.15. The van der Waals surface area contributed by atoms with Crippen LogP contribution in [-0.4, -0.2) is 32.3 Å². The molecule has 2 aromatic heterocycles. The molecule has 2 aromatic rings. The Morgan fingerprint density at radius 3 is 3.07 bits per heavy atom. The van der Waals surface area contributed by atoms with E-state index in [-0.39, 0.29) is 0 Å². The molecule has 2 heterocycles. The molecule has 0 atom stereocenters. The zero-order valence-electron chi connectivity index (χ0n) is 7.34. The number of methoxy groups -OCH3 is 1. The molecule has 6 nitrogen and oxygen atoms in total. The molecule has 0 aliphatic carbocycles. The second kappa shape index (κ2) is 4.05. The molecular weight excluding hydrogens is 202 g/mol. The van der Waals surface area contributed by atoms with E-state index in [1.165, 1.54) is 18.1 Å². The number of ether oxygens (including phenoxy) is 1. The van der Waals surface area contributed by atoms with Crippen LogP contribution >= 0.6 is 11.8 Å². The fourth-order valence-electron chi connectivity index (χ4n) is 0.818. The fraction of sp³-hybridized carbons (Fsp3) is 0.143. The lowest BCUT2D eigenvalue weighted by Gasteiger charge is -1.99. The van der Waals surface area contributed by atoms with Gasteiger partial charge in [0.15, 0.2) is 10.3 Å². The number of aromatic amines is 1. The molecule has 0 aliphatic heterocycles. The SMILES string of the molecule is COc1ccnc(Sc2ncn[nH]2)n1. The Bertz CT molecular complexity index is 404. The smallest absolute Gasteiger partial charge is 0.217 e. The van der Waals surface area contributed by atoms with Gasteiger partial charge in [0.1, 0.15) is 6.33 Å². The Hall–Kier alpha value is -1.63. The Morgan fingerprint density at radius 2 is 2.36 bits per heavy atom. The lowest BCUT2D eigenvalue weighted by atomic mass is 10.6. The van der Waals surface area contributed by atoms with Gasteiger partial charge in [-0.15, -0.1) is 0 Å². The van der Waals surface area contributed by atoms with Gasteiger partial charge in [-0.25, -0.2) is 9.97 Å². The maximum absolute atomic E-state index is 4.96. The molecule has 0 amide bonds. The first-order valence-corrected chi connectivity index (χ1v) is 4.60. The highest BCUT2D eigenvalue weighted by atomic mass is 32.2. The summed E-state index contributed by atoms with van der Waals surface area (Å²) in [6.07, 6.45) is 3.06. The minimum Gasteiger partial charge on any atom is -0.481 e. The van der Waals surface area contributed by atoms with Crippen LogP contribution in [0, 0.1) is 0 Å². The molecule has 0 saturated heterocycles. The number of H-pyrrole nitrogens is 1. The van der Waals surface area contributed by atoms with Crippen LogP contribution in [0.15, 0.2) is 28.9 Å². The second-order valence-electron chi connectivity index (χ2n) is 2.27. The van der Waals surface area contributed by atoms with Gasteiger partial charge in [0, 0.05) is 12.3 Å². The highest BCUT2D eigenvalue weighted by Crippen LogP contribution is 2.20.